The minimum absolute atomic E-state index is 0.0115. The lowest BCUT2D eigenvalue weighted by atomic mass is 10.0. The van der Waals surface area contributed by atoms with Gasteiger partial charge in [0.2, 0.25) is 11.8 Å². The van der Waals surface area contributed by atoms with Gasteiger partial charge in [0.1, 0.15) is 12.6 Å². The number of rotatable bonds is 13. The molecule has 7 nitrogen and oxygen atoms in total. The van der Waals surface area contributed by atoms with Crippen molar-refractivity contribution in [3.8, 4) is 0 Å². The van der Waals surface area contributed by atoms with Crippen molar-refractivity contribution in [3.05, 3.63) is 130 Å². The third-order valence-corrected chi connectivity index (χ3v) is 9.88. The lowest BCUT2D eigenvalue weighted by Gasteiger charge is -2.34. The largest absolute Gasteiger partial charge is 0.352 e. The molecular formula is C35H37Cl2N3O4S. The molecule has 0 heterocycles. The second-order valence-electron chi connectivity index (χ2n) is 10.9. The highest BCUT2D eigenvalue weighted by molar-refractivity contribution is 7.92. The van der Waals surface area contributed by atoms with Crippen LogP contribution in [0.25, 0.3) is 0 Å². The van der Waals surface area contributed by atoms with Crippen LogP contribution in [0, 0.1) is 6.92 Å². The maximum Gasteiger partial charge on any atom is 0.264 e. The lowest BCUT2D eigenvalue weighted by molar-refractivity contribution is -0.140. The van der Waals surface area contributed by atoms with E-state index in [0.29, 0.717) is 27.7 Å². The molecule has 0 saturated carbocycles. The van der Waals surface area contributed by atoms with E-state index in [1.54, 1.807) is 55.5 Å². The predicted molar refractivity (Wildman–Crippen MR) is 181 cm³/mol. The molecule has 4 aromatic rings. The molecule has 0 aromatic heterocycles. The van der Waals surface area contributed by atoms with Crippen LogP contribution >= 0.6 is 23.2 Å². The van der Waals surface area contributed by atoms with Gasteiger partial charge in [-0.15, -0.1) is 0 Å². The van der Waals surface area contributed by atoms with Crippen molar-refractivity contribution in [2.24, 2.45) is 0 Å². The molecule has 2 amide bonds. The Balaban J connectivity index is 1.81. The van der Waals surface area contributed by atoms with Gasteiger partial charge in [-0.2, -0.15) is 0 Å². The first-order valence-electron chi connectivity index (χ1n) is 14.7. The van der Waals surface area contributed by atoms with Gasteiger partial charge in [0, 0.05) is 29.1 Å². The van der Waals surface area contributed by atoms with Crippen LogP contribution in [0.2, 0.25) is 10.0 Å². The first-order valence-corrected chi connectivity index (χ1v) is 16.9. The monoisotopic (exact) mass is 665 g/mol. The zero-order valence-corrected chi connectivity index (χ0v) is 27.8. The third kappa shape index (κ3) is 8.87. The molecule has 0 aliphatic rings. The van der Waals surface area contributed by atoms with Crippen molar-refractivity contribution in [1.82, 2.24) is 10.2 Å². The van der Waals surface area contributed by atoms with E-state index in [1.807, 2.05) is 44.2 Å². The molecule has 1 N–H and O–H groups in total. The van der Waals surface area contributed by atoms with Crippen LogP contribution in [0.15, 0.2) is 108 Å². The maximum absolute atomic E-state index is 14.5. The average Bonchev–Trinajstić information content (AvgIpc) is 3.03. The van der Waals surface area contributed by atoms with Gasteiger partial charge in [0.05, 0.1) is 10.6 Å². The highest BCUT2D eigenvalue weighted by atomic mass is 35.5. The van der Waals surface area contributed by atoms with Crippen molar-refractivity contribution in [1.29, 1.82) is 0 Å². The number of amides is 2. The number of benzene rings is 4. The summed E-state index contributed by atoms with van der Waals surface area (Å²) in [5.74, 6) is -0.857. The number of carbonyl (C=O) groups excluding carboxylic acids is 2. The highest BCUT2D eigenvalue weighted by Gasteiger charge is 2.35. The number of anilines is 1. The minimum Gasteiger partial charge on any atom is -0.352 e. The maximum atomic E-state index is 14.5. The number of nitrogens with zero attached hydrogens (tertiary/aromatic N) is 2. The zero-order chi connectivity index (χ0) is 32.6. The average molecular weight is 667 g/mol. The fourth-order valence-corrected chi connectivity index (χ4v) is 6.60. The Bertz CT molecular complexity index is 1700. The van der Waals surface area contributed by atoms with Gasteiger partial charge in [-0.05, 0) is 79.4 Å². The summed E-state index contributed by atoms with van der Waals surface area (Å²) in [6, 6.07) is 28.2. The molecule has 4 rings (SSSR count). The Hall–Kier alpha value is -3.85. The Morgan fingerprint density at radius 2 is 1.38 bits per heavy atom. The van der Waals surface area contributed by atoms with Gasteiger partial charge in [-0.3, -0.25) is 13.9 Å². The summed E-state index contributed by atoms with van der Waals surface area (Å²) in [6.45, 7) is 5.18. The zero-order valence-electron chi connectivity index (χ0n) is 25.5. The molecule has 0 saturated heterocycles. The van der Waals surface area contributed by atoms with Gasteiger partial charge >= 0.3 is 0 Å². The fraction of sp³-hybridized carbons (Fsp3) is 0.257. The van der Waals surface area contributed by atoms with E-state index in [2.05, 4.69) is 5.32 Å². The van der Waals surface area contributed by atoms with Crippen LogP contribution in [0.1, 0.15) is 37.0 Å². The van der Waals surface area contributed by atoms with E-state index in [4.69, 9.17) is 23.2 Å². The van der Waals surface area contributed by atoms with Crippen molar-refractivity contribution in [2.75, 3.05) is 10.8 Å². The first-order chi connectivity index (χ1) is 21.5. The van der Waals surface area contributed by atoms with E-state index in [-0.39, 0.29) is 29.8 Å². The molecule has 0 bridgehead atoms. The molecule has 0 aliphatic heterocycles. The van der Waals surface area contributed by atoms with Gasteiger partial charge in [0.15, 0.2) is 0 Å². The minimum atomic E-state index is -4.22. The molecule has 0 spiro atoms. The lowest BCUT2D eigenvalue weighted by Crippen LogP contribution is -2.54. The number of para-hydroxylation sites is 1. The van der Waals surface area contributed by atoms with E-state index >= 15 is 0 Å². The summed E-state index contributed by atoms with van der Waals surface area (Å²) >= 11 is 12.2. The van der Waals surface area contributed by atoms with Crippen LogP contribution in [-0.2, 0) is 32.6 Å². The number of carbonyl (C=O) groups is 2. The van der Waals surface area contributed by atoms with E-state index in [0.717, 1.165) is 15.4 Å². The van der Waals surface area contributed by atoms with Gasteiger partial charge in [-0.1, -0.05) is 90.8 Å². The number of aryl methyl sites for hydroxylation is 1. The second-order valence-corrected chi connectivity index (χ2v) is 13.7. The summed E-state index contributed by atoms with van der Waals surface area (Å²) in [5, 5.41) is 3.96. The smallest absolute Gasteiger partial charge is 0.264 e. The highest BCUT2D eigenvalue weighted by Crippen LogP contribution is 2.28. The SMILES string of the molecule is CC[C@@H](C)NC(=O)[C@H](Cc1ccccc1)N(Cc1ccc(Cl)cc1)C(=O)CN(c1ccccc1C)S(=O)(=O)c1ccc(Cl)cc1. The quantitative estimate of drug-likeness (QED) is 0.166. The number of sulfonamides is 1. The molecule has 0 fully saturated rings. The van der Waals surface area contributed by atoms with E-state index < -0.39 is 28.5 Å². The first kappa shape index (κ1) is 34.0. The van der Waals surface area contributed by atoms with Crippen LogP contribution in [0.5, 0.6) is 0 Å². The summed E-state index contributed by atoms with van der Waals surface area (Å²) in [4.78, 5) is 29.9. The van der Waals surface area contributed by atoms with Crippen LogP contribution in [-0.4, -0.2) is 43.8 Å². The van der Waals surface area contributed by atoms with Crippen LogP contribution in [0.3, 0.4) is 0 Å². The molecule has 2 atom stereocenters. The Morgan fingerprint density at radius 3 is 1.98 bits per heavy atom. The topological polar surface area (TPSA) is 86.8 Å². The summed E-state index contributed by atoms with van der Waals surface area (Å²) in [5.41, 5.74) is 2.63. The predicted octanol–water partition coefficient (Wildman–Crippen LogP) is 7.05. The van der Waals surface area contributed by atoms with Crippen molar-refractivity contribution in [2.45, 2.75) is 57.1 Å². The number of halogens is 2. The standard InChI is InChI=1S/C35H37Cl2N3O4S/c1-4-26(3)38-35(42)33(22-27-11-6-5-7-12-27)39(23-28-14-16-29(36)17-15-28)34(41)24-40(32-13-9-8-10-25(32)2)45(43,44)31-20-18-30(37)19-21-31/h5-21,26,33H,4,22-24H2,1-3H3,(H,38,42)/t26-,33+/m1/s1. The van der Waals surface area contributed by atoms with Crippen molar-refractivity contribution >= 4 is 50.7 Å². The molecule has 0 aliphatic carbocycles. The van der Waals surface area contributed by atoms with Crippen molar-refractivity contribution < 1.29 is 18.0 Å². The molecule has 0 unspecified atom stereocenters. The van der Waals surface area contributed by atoms with Crippen LogP contribution in [0.4, 0.5) is 5.69 Å². The van der Waals surface area contributed by atoms with Crippen molar-refractivity contribution in [3.63, 3.8) is 0 Å². The third-order valence-electron chi connectivity index (χ3n) is 7.60. The summed E-state index contributed by atoms with van der Waals surface area (Å²) < 4.78 is 29.4. The normalized spacial score (nSPS) is 12.6. The molecule has 10 heteroatoms. The number of hydrogen-bond donors (Lipinski definition) is 1. The summed E-state index contributed by atoms with van der Waals surface area (Å²) in [6.07, 6.45) is 0.937. The Labute approximate surface area is 275 Å². The van der Waals surface area contributed by atoms with E-state index in [1.165, 1.54) is 29.2 Å². The second kappa shape index (κ2) is 15.4. The number of hydrogen-bond acceptors (Lipinski definition) is 4. The molecule has 236 valence electrons. The van der Waals surface area contributed by atoms with Gasteiger partial charge in [-0.25, -0.2) is 8.42 Å². The molecule has 4 aromatic carbocycles. The fourth-order valence-electron chi connectivity index (χ4n) is 4.87. The molecular weight excluding hydrogens is 629 g/mol. The number of nitrogens with one attached hydrogen (secondary N) is 1. The van der Waals surface area contributed by atoms with Gasteiger partial charge in [0.25, 0.3) is 10.0 Å². The van der Waals surface area contributed by atoms with Gasteiger partial charge < -0.3 is 10.2 Å². The Morgan fingerprint density at radius 1 is 0.800 bits per heavy atom. The summed E-state index contributed by atoms with van der Waals surface area (Å²) in [7, 11) is -4.22. The van der Waals surface area contributed by atoms with Crippen LogP contribution < -0.4 is 9.62 Å². The van der Waals surface area contributed by atoms with E-state index in [9.17, 15) is 18.0 Å². The molecule has 0 radical (unpaired) electrons. The molecule has 45 heavy (non-hydrogen) atoms. The Kier molecular flexibility index (Phi) is 11.7.